The van der Waals surface area contributed by atoms with Crippen molar-refractivity contribution in [2.75, 3.05) is 18.1 Å². The van der Waals surface area contributed by atoms with E-state index >= 15 is 0 Å². The first-order valence-electron chi connectivity index (χ1n) is 9.72. The predicted octanol–water partition coefficient (Wildman–Crippen LogP) is 5.35. The van der Waals surface area contributed by atoms with Gasteiger partial charge in [0.25, 0.3) is 0 Å². The normalized spacial score (nSPS) is 16.5. The number of hydrogen-bond donors (Lipinski definition) is 0. The Morgan fingerprint density at radius 3 is 2.54 bits per heavy atom. The summed E-state index contributed by atoms with van der Waals surface area (Å²) in [6.07, 6.45) is 4.56. The van der Waals surface area contributed by atoms with Crippen LogP contribution in [0.15, 0.2) is 18.2 Å². The van der Waals surface area contributed by atoms with Crippen LogP contribution in [0.1, 0.15) is 71.3 Å². The van der Waals surface area contributed by atoms with Crippen LogP contribution < -0.4 is 4.74 Å². The van der Waals surface area contributed by atoms with E-state index in [1.165, 1.54) is 6.07 Å². The van der Waals surface area contributed by atoms with Gasteiger partial charge < -0.3 is 4.74 Å². The highest BCUT2D eigenvalue weighted by Crippen LogP contribution is 2.32. The molecule has 2 rings (SSSR count). The smallest absolute Gasteiger partial charge is 0.165 e. The average molecular weight is 385 g/mol. The van der Waals surface area contributed by atoms with Crippen molar-refractivity contribution in [2.45, 2.75) is 65.7 Å². The lowest BCUT2D eigenvalue weighted by Gasteiger charge is -2.19. The van der Waals surface area contributed by atoms with Crippen molar-refractivity contribution in [1.82, 2.24) is 0 Å². The zero-order valence-electron chi connectivity index (χ0n) is 16.6. The summed E-state index contributed by atoms with van der Waals surface area (Å²) in [5, 5.41) is 0. The summed E-state index contributed by atoms with van der Waals surface area (Å²) in [7, 11) is -3.14. The lowest BCUT2D eigenvalue weighted by molar-refractivity contribution is 0.285. The maximum Gasteiger partial charge on any atom is 0.165 e. The van der Waals surface area contributed by atoms with Crippen molar-refractivity contribution >= 4 is 9.84 Å². The molecule has 5 heteroatoms. The fraction of sp³-hybridized carbons (Fsp3) is 0.714. The molecular weight excluding hydrogens is 351 g/mol. The summed E-state index contributed by atoms with van der Waals surface area (Å²) >= 11 is 0. The summed E-state index contributed by atoms with van der Waals surface area (Å²) in [6.45, 7) is 8.88. The first kappa shape index (κ1) is 21.2. The van der Waals surface area contributed by atoms with Gasteiger partial charge in [0.1, 0.15) is 0 Å². The van der Waals surface area contributed by atoms with Crippen LogP contribution in [0.3, 0.4) is 0 Å². The highest BCUT2D eigenvalue weighted by atomic mass is 32.2. The molecule has 1 fully saturated rings. The fourth-order valence-electron chi connectivity index (χ4n) is 3.04. The zero-order chi connectivity index (χ0) is 19.4. The molecule has 1 atom stereocenters. The molecule has 148 valence electrons. The Morgan fingerprint density at radius 2 is 1.96 bits per heavy atom. The second-order valence-electron chi connectivity index (χ2n) is 8.83. The van der Waals surface area contributed by atoms with Gasteiger partial charge in [0.05, 0.1) is 18.1 Å². The summed E-state index contributed by atoms with van der Waals surface area (Å²) in [6, 6.07) is 4.78. The Morgan fingerprint density at radius 1 is 1.27 bits per heavy atom. The Balaban J connectivity index is 2.01. The fourth-order valence-corrected chi connectivity index (χ4v) is 4.83. The lowest BCUT2D eigenvalue weighted by Crippen LogP contribution is -2.19. The maximum atomic E-state index is 14.0. The molecule has 0 bridgehead atoms. The first-order chi connectivity index (χ1) is 12.1. The van der Waals surface area contributed by atoms with Crippen molar-refractivity contribution in [3.05, 3.63) is 29.6 Å². The van der Waals surface area contributed by atoms with E-state index in [1.54, 1.807) is 12.1 Å². The Kier molecular flexibility index (Phi) is 7.12. The van der Waals surface area contributed by atoms with E-state index in [1.807, 2.05) is 6.92 Å². The standard InChI is InChI=1S/C21H33FO3S/c1-5-17(15-26(23,24)12-6-11-21(2,3)4)18-9-10-19(22)20(13-18)25-14-16-7-8-16/h9-10,13,16-17H,5-8,11-12,14-15H2,1-4H3/t17-/m0/s1. The van der Waals surface area contributed by atoms with Gasteiger partial charge >= 0.3 is 0 Å². The minimum atomic E-state index is -3.14. The molecule has 1 saturated carbocycles. The van der Waals surface area contributed by atoms with E-state index in [0.717, 1.165) is 24.8 Å². The van der Waals surface area contributed by atoms with Gasteiger partial charge in [-0.15, -0.1) is 0 Å². The average Bonchev–Trinajstić information content (AvgIpc) is 3.35. The summed E-state index contributed by atoms with van der Waals surface area (Å²) in [5.74, 6) is 0.617. The Labute approximate surface area is 158 Å². The summed E-state index contributed by atoms with van der Waals surface area (Å²) in [5.41, 5.74) is 0.990. The number of hydrogen-bond acceptors (Lipinski definition) is 3. The van der Waals surface area contributed by atoms with E-state index in [4.69, 9.17) is 4.74 Å². The molecule has 3 nitrogen and oxygen atoms in total. The van der Waals surface area contributed by atoms with Gasteiger partial charge in [-0.2, -0.15) is 0 Å². The number of halogens is 1. The van der Waals surface area contributed by atoms with E-state index in [-0.39, 0.29) is 34.4 Å². The monoisotopic (exact) mass is 384 g/mol. The highest BCUT2D eigenvalue weighted by Gasteiger charge is 2.24. The molecule has 0 N–H and O–H groups in total. The Hall–Kier alpha value is -1.10. The third-order valence-corrected chi connectivity index (χ3v) is 6.75. The summed E-state index contributed by atoms with van der Waals surface area (Å²) in [4.78, 5) is 0. The number of rotatable bonds is 10. The highest BCUT2D eigenvalue weighted by molar-refractivity contribution is 7.91. The van der Waals surface area contributed by atoms with Crippen molar-refractivity contribution in [3.8, 4) is 5.75 Å². The van der Waals surface area contributed by atoms with E-state index < -0.39 is 9.84 Å². The van der Waals surface area contributed by atoms with Crippen molar-refractivity contribution in [1.29, 1.82) is 0 Å². The van der Waals surface area contributed by atoms with Gasteiger partial charge in [-0.25, -0.2) is 12.8 Å². The first-order valence-corrected chi connectivity index (χ1v) is 11.5. The molecule has 0 aromatic heterocycles. The molecule has 1 aromatic rings. The molecule has 26 heavy (non-hydrogen) atoms. The van der Waals surface area contributed by atoms with Gasteiger partial charge in [0.2, 0.25) is 0 Å². The van der Waals surface area contributed by atoms with Gasteiger partial charge in [0.15, 0.2) is 21.4 Å². The quantitative estimate of drug-likeness (QED) is 0.546. The van der Waals surface area contributed by atoms with Crippen molar-refractivity contribution < 1.29 is 17.5 Å². The molecule has 0 saturated heterocycles. The van der Waals surface area contributed by atoms with Crippen LogP contribution in [0.2, 0.25) is 0 Å². The number of sulfone groups is 1. The molecule has 0 unspecified atom stereocenters. The molecule has 0 aliphatic heterocycles. The van der Waals surface area contributed by atoms with Crippen LogP contribution >= 0.6 is 0 Å². The second kappa shape index (κ2) is 8.73. The SMILES string of the molecule is CC[C@@H](CS(=O)(=O)CCCC(C)(C)C)c1ccc(F)c(OCC2CC2)c1. The largest absolute Gasteiger partial charge is 0.490 e. The van der Waals surface area contributed by atoms with Gasteiger partial charge in [-0.3, -0.25) is 0 Å². The molecule has 1 aliphatic rings. The van der Waals surface area contributed by atoms with Crippen LogP contribution in [-0.4, -0.2) is 26.5 Å². The van der Waals surface area contributed by atoms with Crippen LogP contribution in [0.4, 0.5) is 4.39 Å². The van der Waals surface area contributed by atoms with Crippen LogP contribution in [0.25, 0.3) is 0 Å². The third kappa shape index (κ3) is 7.26. The molecule has 0 spiro atoms. The van der Waals surface area contributed by atoms with E-state index in [0.29, 0.717) is 25.4 Å². The van der Waals surface area contributed by atoms with E-state index in [2.05, 4.69) is 20.8 Å². The van der Waals surface area contributed by atoms with Crippen molar-refractivity contribution in [3.63, 3.8) is 0 Å². The predicted molar refractivity (Wildman–Crippen MR) is 105 cm³/mol. The maximum absolute atomic E-state index is 14.0. The minimum Gasteiger partial charge on any atom is -0.490 e. The van der Waals surface area contributed by atoms with Gasteiger partial charge in [-0.05, 0) is 67.1 Å². The van der Waals surface area contributed by atoms with Gasteiger partial charge in [-0.1, -0.05) is 33.8 Å². The molecular formula is C21H33FO3S. The van der Waals surface area contributed by atoms with Crippen molar-refractivity contribution in [2.24, 2.45) is 11.3 Å². The molecule has 0 radical (unpaired) electrons. The number of ether oxygens (including phenoxy) is 1. The van der Waals surface area contributed by atoms with Gasteiger partial charge in [0, 0.05) is 0 Å². The number of benzene rings is 1. The zero-order valence-corrected chi connectivity index (χ0v) is 17.4. The van der Waals surface area contributed by atoms with Crippen LogP contribution in [0, 0.1) is 17.2 Å². The van der Waals surface area contributed by atoms with Crippen LogP contribution in [-0.2, 0) is 9.84 Å². The molecule has 1 aliphatic carbocycles. The Bertz CT molecular complexity index is 688. The second-order valence-corrected chi connectivity index (χ2v) is 11.1. The minimum absolute atomic E-state index is 0.112. The third-order valence-electron chi connectivity index (χ3n) is 4.93. The lowest BCUT2D eigenvalue weighted by atomic mass is 9.91. The summed E-state index contributed by atoms with van der Waals surface area (Å²) < 4.78 is 44.6. The topological polar surface area (TPSA) is 43.4 Å². The molecule has 0 heterocycles. The van der Waals surface area contributed by atoms with Crippen LogP contribution in [0.5, 0.6) is 5.75 Å². The molecule has 1 aromatic carbocycles. The van der Waals surface area contributed by atoms with E-state index in [9.17, 15) is 12.8 Å². The molecule has 0 amide bonds.